The van der Waals surface area contributed by atoms with Gasteiger partial charge in [-0.25, -0.2) is 4.79 Å². The molecule has 0 bridgehead atoms. The van der Waals surface area contributed by atoms with Gasteiger partial charge < -0.3 is 20.2 Å². The van der Waals surface area contributed by atoms with Gasteiger partial charge in [-0.2, -0.15) is 0 Å². The molecule has 2 amide bonds. The first-order valence-corrected chi connectivity index (χ1v) is 10.2. The van der Waals surface area contributed by atoms with Crippen molar-refractivity contribution in [2.75, 3.05) is 31.1 Å². The van der Waals surface area contributed by atoms with Crippen molar-refractivity contribution in [2.45, 2.75) is 18.9 Å². The average Bonchev–Trinajstić information content (AvgIpc) is 2.82. The minimum atomic E-state index is -1.20. The maximum atomic E-state index is 12.6. The van der Waals surface area contributed by atoms with Gasteiger partial charge in [0.25, 0.3) is 11.6 Å². The number of nitro benzene ring substituents is 1. The molecule has 2 aromatic rings. The second kappa shape index (κ2) is 10.4. The standard InChI is InChI=1S/C22H24N4O6/c27-20(10-9-19(22(29)30)23-21(28)16-5-2-1-3-6-16)25-13-11-24(12-14-25)17-7-4-8-18(15-17)26(31)32/h1-8,15,19H,9-14H2,(H,23,28)(H,29,30)/t19-/m0/s1. The fourth-order valence-electron chi connectivity index (χ4n) is 3.53. The van der Waals surface area contributed by atoms with Crippen molar-refractivity contribution < 1.29 is 24.4 Å². The quantitative estimate of drug-likeness (QED) is 0.473. The Bertz CT molecular complexity index is 989. The van der Waals surface area contributed by atoms with E-state index in [-0.39, 0.29) is 24.4 Å². The number of carbonyl (C=O) groups is 3. The summed E-state index contributed by atoms with van der Waals surface area (Å²) in [6.07, 6.45) is -0.0271. The molecule has 1 aliphatic heterocycles. The van der Waals surface area contributed by atoms with Crippen molar-refractivity contribution in [1.82, 2.24) is 10.2 Å². The number of carboxylic acids is 1. The number of non-ortho nitro benzene ring substituents is 1. The summed E-state index contributed by atoms with van der Waals surface area (Å²) in [5, 5.41) is 22.8. The molecular weight excluding hydrogens is 416 g/mol. The van der Waals surface area contributed by atoms with E-state index in [1.165, 1.54) is 12.1 Å². The number of nitro groups is 1. The van der Waals surface area contributed by atoms with E-state index in [0.717, 1.165) is 5.69 Å². The molecule has 1 saturated heterocycles. The van der Waals surface area contributed by atoms with Crippen molar-refractivity contribution in [3.63, 3.8) is 0 Å². The monoisotopic (exact) mass is 440 g/mol. The highest BCUT2D eigenvalue weighted by Gasteiger charge is 2.25. The summed E-state index contributed by atoms with van der Waals surface area (Å²) in [7, 11) is 0. The molecule has 168 valence electrons. The lowest BCUT2D eigenvalue weighted by molar-refractivity contribution is -0.384. The van der Waals surface area contributed by atoms with E-state index in [1.54, 1.807) is 47.4 Å². The minimum Gasteiger partial charge on any atom is -0.480 e. The molecule has 1 fully saturated rings. The van der Waals surface area contributed by atoms with Crippen LogP contribution in [0.1, 0.15) is 23.2 Å². The van der Waals surface area contributed by atoms with Gasteiger partial charge in [0.2, 0.25) is 5.91 Å². The predicted octanol–water partition coefficient (Wildman–Crippen LogP) is 1.91. The Morgan fingerprint density at radius 3 is 2.34 bits per heavy atom. The number of rotatable bonds is 8. The van der Waals surface area contributed by atoms with E-state index in [2.05, 4.69) is 5.32 Å². The van der Waals surface area contributed by atoms with Gasteiger partial charge >= 0.3 is 5.97 Å². The number of benzene rings is 2. The number of carbonyl (C=O) groups excluding carboxylic acids is 2. The second-order valence-electron chi connectivity index (χ2n) is 7.41. The smallest absolute Gasteiger partial charge is 0.326 e. The van der Waals surface area contributed by atoms with Crippen LogP contribution in [-0.4, -0.2) is 64.9 Å². The summed E-state index contributed by atoms with van der Waals surface area (Å²) in [5.41, 5.74) is 1.08. The summed E-state index contributed by atoms with van der Waals surface area (Å²) < 4.78 is 0. The molecular formula is C22H24N4O6. The molecule has 1 atom stereocenters. The molecule has 0 unspecified atom stereocenters. The first kappa shape index (κ1) is 22.7. The first-order valence-electron chi connectivity index (χ1n) is 10.2. The fraction of sp³-hybridized carbons (Fsp3) is 0.318. The van der Waals surface area contributed by atoms with Crippen molar-refractivity contribution in [3.05, 3.63) is 70.3 Å². The Labute approximate surface area is 184 Å². The van der Waals surface area contributed by atoms with E-state index >= 15 is 0 Å². The van der Waals surface area contributed by atoms with E-state index in [0.29, 0.717) is 31.7 Å². The van der Waals surface area contributed by atoms with Crippen LogP contribution < -0.4 is 10.2 Å². The highest BCUT2D eigenvalue weighted by atomic mass is 16.6. The SMILES string of the molecule is O=C(N[C@@H](CCC(=O)N1CCN(c2cccc([N+](=O)[O-])c2)CC1)C(=O)O)c1ccccc1. The van der Waals surface area contributed by atoms with E-state index in [4.69, 9.17) is 0 Å². The fourth-order valence-corrected chi connectivity index (χ4v) is 3.53. The van der Waals surface area contributed by atoms with Crippen LogP contribution in [0, 0.1) is 10.1 Å². The Morgan fingerprint density at radius 1 is 1.03 bits per heavy atom. The maximum Gasteiger partial charge on any atom is 0.326 e. The van der Waals surface area contributed by atoms with Gasteiger partial charge in [0.15, 0.2) is 0 Å². The minimum absolute atomic E-state index is 0.0111. The average molecular weight is 440 g/mol. The summed E-state index contributed by atoms with van der Waals surface area (Å²) in [4.78, 5) is 50.5. The number of aliphatic carboxylic acids is 1. The molecule has 0 saturated carbocycles. The molecule has 0 aliphatic carbocycles. The van der Waals surface area contributed by atoms with Crippen LogP contribution in [0.4, 0.5) is 11.4 Å². The van der Waals surface area contributed by atoms with Crippen LogP contribution in [0.3, 0.4) is 0 Å². The molecule has 0 spiro atoms. The van der Waals surface area contributed by atoms with Crippen LogP contribution in [0.2, 0.25) is 0 Å². The van der Waals surface area contributed by atoms with Gasteiger partial charge in [0.05, 0.1) is 4.92 Å². The Kier molecular flexibility index (Phi) is 7.37. The van der Waals surface area contributed by atoms with Gasteiger partial charge in [0.1, 0.15) is 6.04 Å². The van der Waals surface area contributed by atoms with Crippen molar-refractivity contribution in [1.29, 1.82) is 0 Å². The zero-order chi connectivity index (χ0) is 23.1. The number of anilines is 1. The van der Waals surface area contributed by atoms with Crippen LogP contribution in [0.15, 0.2) is 54.6 Å². The number of carboxylic acid groups (broad SMARTS) is 1. The van der Waals surface area contributed by atoms with Crippen LogP contribution in [-0.2, 0) is 9.59 Å². The van der Waals surface area contributed by atoms with Crippen molar-refractivity contribution >= 4 is 29.2 Å². The van der Waals surface area contributed by atoms with Crippen molar-refractivity contribution in [2.24, 2.45) is 0 Å². The second-order valence-corrected chi connectivity index (χ2v) is 7.41. The van der Waals surface area contributed by atoms with E-state index in [9.17, 15) is 29.6 Å². The molecule has 32 heavy (non-hydrogen) atoms. The highest BCUT2D eigenvalue weighted by molar-refractivity contribution is 5.96. The lowest BCUT2D eigenvalue weighted by atomic mass is 10.1. The summed E-state index contributed by atoms with van der Waals surface area (Å²) in [5.74, 6) is -1.89. The first-order chi connectivity index (χ1) is 15.3. The highest BCUT2D eigenvalue weighted by Crippen LogP contribution is 2.22. The molecule has 0 aromatic heterocycles. The van der Waals surface area contributed by atoms with Gasteiger partial charge in [-0.1, -0.05) is 24.3 Å². The Hall–Kier alpha value is -3.95. The molecule has 0 radical (unpaired) electrons. The zero-order valence-electron chi connectivity index (χ0n) is 17.3. The third kappa shape index (κ3) is 5.81. The van der Waals surface area contributed by atoms with Gasteiger partial charge in [-0.3, -0.25) is 19.7 Å². The lowest BCUT2D eigenvalue weighted by Crippen LogP contribution is -2.49. The number of nitrogens with one attached hydrogen (secondary N) is 1. The largest absolute Gasteiger partial charge is 0.480 e. The molecule has 2 aromatic carbocycles. The molecule has 3 rings (SSSR count). The summed E-state index contributed by atoms with van der Waals surface area (Å²) in [6.45, 7) is 1.88. The molecule has 10 nitrogen and oxygen atoms in total. The number of piperazine rings is 1. The lowest BCUT2D eigenvalue weighted by Gasteiger charge is -2.36. The topological polar surface area (TPSA) is 133 Å². The Morgan fingerprint density at radius 2 is 1.72 bits per heavy atom. The third-order valence-corrected chi connectivity index (χ3v) is 5.32. The summed E-state index contributed by atoms with van der Waals surface area (Å²) >= 11 is 0. The summed E-state index contributed by atoms with van der Waals surface area (Å²) in [6, 6.07) is 13.5. The van der Waals surface area contributed by atoms with E-state index < -0.39 is 22.8 Å². The maximum absolute atomic E-state index is 12.6. The number of nitrogens with zero attached hydrogens (tertiary/aromatic N) is 3. The normalized spacial score (nSPS) is 14.5. The number of amides is 2. The van der Waals surface area contributed by atoms with Crippen LogP contribution in [0.25, 0.3) is 0 Å². The van der Waals surface area contributed by atoms with Gasteiger partial charge in [0, 0.05) is 56.0 Å². The van der Waals surface area contributed by atoms with E-state index in [1.807, 2.05) is 4.90 Å². The number of hydrogen-bond donors (Lipinski definition) is 2. The molecule has 2 N–H and O–H groups in total. The molecule has 1 aliphatic rings. The number of hydrogen-bond acceptors (Lipinski definition) is 6. The van der Waals surface area contributed by atoms with Crippen LogP contribution >= 0.6 is 0 Å². The molecule has 1 heterocycles. The molecule has 10 heteroatoms. The zero-order valence-corrected chi connectivity index (χ0v) is 17.3. The van der Waals surface area contributed by atoms with Crippen molar-refractivity contribution in [3.8, 4) is 0 Å². The van der Waals surface area contributed by atoms with Gasteiger partial charge in [-0.05, 0) is 24.6 Å². The predicted molar refractivity (Wildman–Crippen MR) is 116 cm³/mol. The third-order valence-electron chi connectivity index (χ3n) is 5.32. The van der Waals surface area contributed by atoms with Gasteiger partial charge in [-0.15, -0.1) is 0 Å². The van der Waals surface area contributed by atoms with Crippen LogP contribution in [0.5, 0.6) is 0 Å². The Balaban J connectivity index is 1.50.